The van der Waals surface area contributed by atoms with Crippen molar-refractivity contribution < 1.29 is 5.11 Å². The van der Waals surface area contributed by atoms with Crippen LogP contribution in [-0.2, 0) is 13.0 Å². The number of benzene rings is 2. The van der Waals surface area contributed by atoms with Gasteiger partial charge in [0, 0.05) is 12.2 Å². The van der Waals surface area contributed by atoms with Crippen LogP contribution in [0, 0.1) is 11.3 Å². The van der Waals surface area contributed by atoms with Crippen LogP contribution in [0.2, 0.25) is 0 Å². The lowest BCUT2D eigenvalue weighted by atomic mass is 10.1. The number of hydrogen-bond acceptors (Lipinski definition) is 3. The van der Waals surface area contributed by atoms with Crippen LogP contribution >= 0.6 is 0 Å². The van der Waals surface area contributed by atoms with E-state index >= 15 is 0 Å². The van der Waals surface area contributed by atoms with Gasteiger partial charge in [-0.25, -0.2) is 0 Å². The molecule has 1 aliphatic heterocycles. The summed E-state index contributed by atoms with van der Waals surface area (Å²) >= 11 is 0. The summed E-state index contributed by atoms with van der Waals surface area (Å²) in [5.41, 5.74) is 4.87. The maximum atomic E-state index is 9.43. The number of rotatable bonds is 2. The zero-order valence-electron chi connectivity index (χ0n) is 11.9. The normalized spacial score (nSPS) is 14.2. The monoisotopic (exact) mass is 278 g/mol. The smallest absolute Gasteiger partial charge is 0.101 e. The zero-order valence-corrected chi connectivity index (χ0v) is 11.9. The predicted octanol–water partition coefficient (Wildman–Crippen LogP) is 3.52. The Morgan fingerprint density at radius 1 is 1.10 bits per heavy atom. The highest BCUT2D eigenvalue weighted by atomic mass is 16.3. The Morgan fingerprint density at radius 2 is 1.95 bits per heavy atom. The highest BCUT2D eigenvalue weighted by Gasteiger charge is 2.18. The Bertz CT molecular complexity index is 688. The highest BCUT2D eigenvalue weighted by molar-refractivity contribution is 5.72. The molecule has 3 heteroatoms. The molecule has 0 aromatic heterocycles. The largest absolute Gasteiger partial charge is 0.392 e. The van der Waals surface area contributed by atoms with Gasteiger partial charge in [-0.05, 0) is 48.6 Å². The van der Waals surface area contributed by atoms with E-state index in [1.54, 1.807) is 6.07 Å². The molecular formula is C18H18N2O. The molecule has 0 amide bonds. The summed E-state index contributed by atoms with van der Waals surface area (Å²) in [6.45, 7) is 0.885. The Hall–Kier alpha value is -2.31. The molecule has 0 saturated heterocycles. The molecule has 2 aromatic carbocycles. The topological polar surface area (TPSA) is 47.3 Å². The molecule has 2 aromatic rings. The van der Waals surface area contributed by atoms with Crippen LogP contribution in [0.15, 0.2) is 42.5 Å². The van der Waals surface area contributed by atoms with Crippen LogP contribution in [0.4, 0.5) is 11.4 Å². The molecule has 0 unspecified atom stereocenters. The summed E-state index contributed by atoms with van der Waals surface area (Å²) in [4.78, 5) is 2.24. The number of aliphatic hydroxyl groups excluding tert-OH is 1. The van der Waals surface area contributed by atoms with E-state index in [0.717, 1.165) is 30.6 Å². The van der Waals surface area contributed by atoms with Crippen molar-refractivity contribution >= 4 is 11.4 Å². The molecule has 0 spiro atoms. The standard InChI is InChI=1S/C18H18N2O/c19-12-16-11-14(13-21)8-9-18(16)20-10-4-3-6-15-5-1-2-7-17(15)20/h1-2,5,7-9,11,21H,3-4,6,10,13H2. The SMILES string of the molecule is N#Cc1cc(CO)ccc1N1CCCCc2ccccc21. The van der Waals surface area contributed by atoms with Gasteiger partial charge in [0.1, 0.15) is 6.07 Å². The minimum Gasteiger partial charge on any atom is -0.392 e. The van der Waals surface area contributed by atoms with Crippen molar-refractivity contribution in [2.75, 3.05) is 11.4 Å². The molecule has 21 heavy (non-hydrogen) atoms. The van der Waals surface area contributed by atoms with E-state index in [9.17, 15) is 10.4 Å². The third-order valence-corrected chi connectivity index (χ3v) is 4.02. The molecule has 106 valence electrons. The van der Waals surface area contributed by atoms with Gasteiger partial charge in [0.25, 0.3) is 0 Å². The molecule has 0 atom stereocenters. The van der Waals surface area contributed by atoms with Gasteiger partial charge < -0.3 is 10.0 Å². The number of para-hydroxylation sites is 1. The van der Waals surface area contributed by atoms with Gasteiger partial charge in [0.05, 0.1) is 17.9 Å². The van der Waals surface area contributed by atoms with Crippen molar-refractivity contribution in [1.82, 2.24) is 0 Å². The van der Waals surface area contributed by atoms with Crippen LogP contribution in [0.25, 0.3) is 0 Å². The Labute approximate surface area is 125 Å². The third kappa shape index (κ3) is 2.63. The average Bonchev–Trinajstić information content (AvgIpc) is 2.76. The van der Waals surface area contributed by atoms with Crippen molar-refractivity contribution in [1.29, 1.82) is 5.26 Å². The second-order valence-electron chi connectivity index (χ2n) is 5.36. The second-order valence-corrected chi connectivity index (χ2v) is 5.36. The summed E-state index contributed by atoms with van der Waals surface area (Å²) < 4.78 is 0. The molecule has 3 nitrogen and oxygen atoms in total. The Kier molecular flexibility index (Phi) is 3.89. The van der Waals surface area contributed by atoms with E-state index in [1.807, 2.05) is 18.2 Å². The minimum absolute atomic E-state index is 0.0362. The number of nitriles is 1. The summed E-state index contributed by atoms with van der Waals surface area (Å²) in [6.07, 6.45) is 3.37. The second kappa shape index (κ2) is 5.99. The summed E-state index contributed by atoms with van der Waals surface area (Å²) in [7, 11) is 0. The van der Waals surface area contributed by atoms with Gasteiger partial charge >= 0.3 is 0 Å². The number of fused-ring (bicyclic) bond motifs is 1. The van der Waals surface area contributed by atoms with Crippen molar-refractivity contribution in [3.8, 4) is 6.07 Å². The molecule has 1 N–H and O–H groups in total. The number of aliphatic hydroxyl groups is 1. The van der Waals surface area contributed by atoms with E-state index in [2.05, 4.69) is 29.2 Å². The van der Waals surface area contributed by atoms with E-state index in [-0.39, 0.29) is 6.61 Å². The van der Waals surface area contributed by atoms with E-state index in [4.69, 9.17) is 0 Å². The molecule has 0 radical (unpaired) electrons. The third-order valence-electron chi connectivity index (χ3n) is 4.02. The molecule has 0 bridgehead atoms. The quantitative estimate of drug-likeness (QED) is 0.914. The van der Waals surface area contributed by atoms with Crippen LogP contribution < -0.4 is 4.90 Å². The van der Waals surface area contributed by atoms with Gasteiger partial charge in [-0.2, -0.15) is 5.26 Å². The first-order valence-corrected chi connectivity index (χ1v) is 7.33. The Morgan fingerprint density at radius 3 is 2.76 bits per heavy atom. The van der Waals surface area contributed by atoms with Crippen molar-refractivity contribution in [2.24, 2.45) is 0 Å². The van der Waals surface area contributed by atoms with Crippen LogP contribution in [0.3, 0.4) is 0 Å². The Balaban J connectivity index is 2.10. The molecule has 0 fully saturated rings. The van der Waals surface area contributed by atoms with Crippen molar-refractivity contribution in [3.63, 3.8) is 0 Å². The van der Waals surface area contributed by atoms with Gasteiger partial charge in [-0.3, -0.25) is 0 Å². The summed E-state index contributed by atoms with van der Waals surface area (Å²) in [5.74, 6) is 0. The zero-order chi connectivity index (χ0) is 14.7. The number of nitrogens with zero attached hydrogens (tertiary/aromatic N) is 2. The van der Waals surface area contributed by atoms with Gasteiger partial charge in [-0.15, -0.1) is 0 Å². The van der Waals surface area contributed by atoms with Gasteiger partial charge in [0.2, 0.25) is 0 Å². The minimum atomic E-state index is -0.0362. The molecule has 1 heterocycles. The molecule has 0 aliphatic carbocycles. The van der Waals surface area contributed by atoms with Crippen LogP contribution in [0.1, 0.15) is 29.5 Å². The summed E-state index contributed by atoms with van der Waals surface area (Å²) in [5, 5.41) is 18.7. The van der Waals surface area contributed by atoms with Gasteiger partial charge in [0.15, 0.2) is 0 Å². The molecule has 0 saturated carbocycles. The lowest BCUT2D eigenvalue weighted by molar-refractivity contribution is 0.282. The molecule has 1 aliphatic rings. The number of anilines is 2. The van der Waals surface area contributed by atoms with E-state index in [1.165, 1.54) is 17.7 Å². The highest BCUT2D eigenvalue weighted by Crippen LogP contribution is 2.34. The number of hydrogen-bond donors (Lipinski definition) is 1. The number of aryl methyl sites for hydroxylation is 1. The molecule has 3 rings (SSSR count). The lowest BCUT2D eigenvalue weighted by Crippen LogP contribution is -2.19. The van der Waals surface area contributed by atoms with Crippen molar-refractivity contribution in [3.05, 3.63) is 59.2 Å². The predicted molar refractivity (Wildman–Crippen MR) is 83.5 cm³/mol. The van der Waals surface area contributed by atoms with Crippen LogP contribution in [-0.4, -0.2) is 11.7 Å². The average molecular weight is 278 g/mol. The molecular weight excluding hydrogens is 260 g/mol. The van der Waals surface area contributed by atoms with E-state index in [0.29, 0.717) is 5.56 Å². The van der Waals surface area contributed by atoms with Gasteiger partial charge in [-0.1, -0.05) is 24.3 Å². The maximum absolute atomic E-state index is 9.43. The maximum Gasteiger partial charge on any atom is 0.101 e. The fourth-order valence-electron chi connectivity index (χ4n) is 2.95. The fraction of sp³-hybridized carbons (Fsp3) is 0.278. The fourth-order valence-corrected chi connectivity index (χ4v) is 2.95. The van der Waals surface area contributed by atoms with E-state index < -0.39 is 0 Å². The van der Waals surface area contributed by atoms with Crippen LogP contribution in [0.5, 0.6) is 0 Å². The summed E-state index contributed by atoms with van der Waals surface area (Å²) in [6, 6.07) is 16.3. The first-order chi connectivity index (χ1) is 10.3. The lowest BCUT2D eigenvalue weighted by Gasteiger charge is -2.26. The van der Waals surface area contributed by atoms with Crippen molar-refractivity contribution in [2.45, 2.75) is 25.9 Å². The first kappa shape index (κ1) is 13.7. The first-order valence-electron chi connectivity index (χ1n) is 7.33.